The summed E-state index contributed by atoms with van der Waals surface area (Å²) in [6.07, 6.45) is 7.61. The molecule has 1 aliphatic rings. The van der Waals surface area contributed by atoms with Crippen LogP contribution in [0.1, 0.15) is 51.9 Å². The minimum Gasteiger partial charge on any atom is -0.350 e. The summed E-state index contributed by atoms with van der Waals surface area (Å²) < 4.78 is 26.0. The molecule has 0 spiro atoms. The molecule has 0 heterocycles. The second kappa shape index (κ2) is 7.78. The van der Waals surface area contributed by atoms with E-state index in [0.29, 0.717) is 12.3 Å². The minimum atomic E-state index is -3.00. The third-order valence-corrected chi connectivity index (χ3v) is 4.03. The number of amides is 1. The SMILES string of the molecule is CCC(CC1CCCCC1)C(=O)NCC(F)(F)CN. The van der Waals surface area contributed by atoms with Crippen LogP contribution < -0.4 is 11.1 Å². The molecule has 112 valence electrons. The normalized spacial score (nSPS) is 19.2. The second-order valence-corrected chi connectivity index (χ2v) is 5.62. The Morgan fingerprint density at radius 1 is 1.37 bits per heavy atom. The van der Waals surface area contributed by atoms with Crippen molar-refractivity contribution in [2.45, 2.75) is 57.8 Å². The number of carbonyl (C=O) groups excluding carboxylic acids is 1. The molecule has 19 heavy (non-hydrogen) atoms. The van der Waals surface area contributed by atoms with Crippen LogP contribution in [0.4, 0.5) is 8.78 Å². The van der Waals surface area contributed by atoms with Gasteiger partial charge in [-0.3, -0.25) is 4.79 Å². The Balaban J connectivity index is 2.38. The summed E-state index contributed by atoms with van der Waals surface area (Å²) in [5, 5.41) is 2.35. The molecule has 5 heteroatoms. The maximum absolute atomic E-state index is 13.0. The Bertz CT molecular complexity index is 279. The zero-order valence-electron chi connectivity index (χ0n) is 11.8. The molecule has 0 saturated heterocycles. The lowest BCUT2D eigenvalue weighted by molar-refractivity contribution is -0.127. The third kappa shape index (κ3) is 5.85. The first-order chi connectivity index (χ1) is 8.98. The van der Waals surface area contributed by atoms with Crippen molar-refractivity contribution < 1.29 is 13.6 Å². The third-order valence-electron chi connectivity index (χ3n) is 4.03. The lowest BCUT2D eigenvalue weighted by Gasteiger charge is -2.26. The van der Waals surface area contributed by atoms with Gasteiger partial charge >= 0.3 is 0 Å². The summed E-state index contributed by atoms with van der Waals surface area (Å²) in [7, 11) is 0. The van der Waals surface area contributed by atoms with Crippen molar-refractivity contribution in [2.75, 3.05) is 13.1 Å². The lowest BCUT2D eigenvalue weighted by Crippen LogP contribution is -2.43. The minimum absolute atomic E-state index is 0.142. The molecule has 1 fully saturated rings. The fourth-order valence-corrected chi connectivity index (χ4v) is 2.72. The summed E-state index contributed by atoms with van der Waals surface area (Å²) in [5.41, 5.74) is 4.95. The molecule has 0 bridgehead atoms. The fraction of sp³-hybridized carbons (Fsp3) is 0.929. The molecule has 1 amide bonds. The van der Waals surface area contributed by atoms with Gasteiger partial charge in [-0.05, 0) is 18.8 Å². The first-order valence-electron chi connectivity index (χ1n) is 7.34. The van der Waals surface area contributed by atoms with E-state index in [1.165, 1.54) is 32.1 Å². The van der Waals surface area contributed by atoms with Crippen molar-refractivity contribution in [3.8, 4) is 0 Å². The quantitative estimate of drug-likeness (QED) is 0.751. The van der Waals surface area contributed by atoms with E-state index in [2.05, 4.69) is 5.32 Å². The highest BCUT2D eigenvalue weighted by Gasteiger charge is 2.29. The summed E-state index contributed by atoms with van der Waals surface area (Å²) >= 11 is 0. The van der Waals surface area contributed by atoms with E-state index < -0.39 is 19.0 Å². The molecule has 1 atom stereocenters. The molecule has 0 aromatic carbocycles. The van der Waals surface area contributed by atoms with Gasteiger partial charge in [0.25, 0.3) is 5.92 Å². The number of halogens is 2. The first-order valence-corrected chi connectivity index (χ1v) is 7.34. The van der Waals surface area contributed by atoms with E-state index in [4.69, 9.17) is 5.73 Å². The van der Waals surface area contributed by atoms with Gasteiger partial charge < -0.3 is 11.1 Å². The predicted octanol–water partition coefficient (Wildman–Crippen LogP) is 2.69. The lowest BCUT2D eigenvalue weighted by atomic mass is 9.82. The molecular formula is C14H26F2N2O. The van der Waals surface area contributed by atoms with E-state index >= 15 is 0 Å². The van der Waals surface area contributed by atoms with Crippen molar-refractivity contribution in [3.63, 3.8) is 0 Å². The number of hydrogen-bond acceptors (Lipinski definition) is 2. The van der Waals surface area contributed by atoms with Gasteiger partial charge in [0.05, 0.1) is 13.1 Å². The number of carbonyl (C=O) groups is 1. The van der Waals surface area contributed by atoms with Gasteiger partial charge in [-0.25, -0.2) is 8.78 Å². The fourth-order valence-electron chi connectivity index (χ4n) is 2.72. The van der Waals surface area contributed by atoms with Crippen molar-refractivity contribution in [1.82, 2.24) is 5.32 Å². The predicted molar refractivity (Wildman–Crippen MR) is 72.0 cm³/mol. The maximum Gasteiger partial charge on any atom is 0.277 e. The molecule has 0 aromatic heterocycles. The molecule has 1 saturated carbocycles. The number of nitrogens with one attached hydrogen (secondary N) is 1. The average Bonchev–Trinajstić information content (AvgIpc) is 2.43. The average molecular weight is 276 g/mol. The van der Waals surface area contributed by atoms with Crippen LogP contribution in [0, 0.1) is 11.8 Å². The topological polar surface area (TPSA) is 55.1 Å². The zero-order valence-corrected chi connectivity index (χ0v) is 11.8. The Labute approximate surface area is 114 Å². The van der Waals surface area contributed by atoms with Gasteiger partial charge in [0, 0.05) is 5.92 Å². The second-order valence-electron chi connectivity index (χ2n) is 5.62. The first kappa shape index (κ1) is 16.3. The van der Waals surface area contributed by atoms with Gasteiger partial charge in [0.2, 0.25) is 5.91 Å². The number of alkyl halides is 2. The maximum atomic E-state index is 13.0. The van der Waals surface area contributed by atoms with Gasteiger partial charge in [-0.1, -0.05) is 39.0 Å². The van der Waals surface area contributed by atoms with Crippen LogP contribution in [0.2, 0.25) is 0 Å². The van der Waals surface area contributed by atoms with E-state index in [-0.39, 0.29) is 11.8 Å². The van der Waals surface area contributed by atoms with E-state index in [9.17, 15) is 13.6 Å². The molecule has 3 nitrogen and oxygen atoms in total. The van der Waals surface area contributed by atoms with E-state index in [1.54, 1.807) is 0 Å². The molecule has 1 unspecified atom stereocenters. The van der Waals surface area contributed by atoms with Gasteiger partial charge in [-0.15, -0.1) is 0 Å². The summed E-state index contributed by atoms with van der Waals surface area (Å²) in [6, 6.07) is 0. The summed E-state index contributed by atoms with van der Waals surface area (Å²) in [6.45, 7) is 0.560. The van der Waals surface area contributed by atoms with Crippen molar-refractivity contribution in [2.24, 2.45) is 17.6 Å². The van der Waals surface area contributed by atoms with Crippen LogP contribution in [0.5, 0.6) is 0 Å². The molecule has 3 N–H and O–H groups in total. The monoisotopic (exact) mass is 276 g/mol. The molecule has 0 aromatic rings. The van der Waals surface area contributed by atoms with Crippen LogP contribution in [0.25, 0.3) is 0 Å². The van der Waals surface area contributed by atoms with Crippen molar-refractivity contribution in [1.29, 1.82) is 0 Å². The molecule has 0 radical (unpaired) electrons. The smallest absolute Gasteiger partial charge is 0.277 e. The van der Waals surface area contributed by atoms with E-state index in [0.717, 1.165) is 6.42 Å². The summed E-state index contributed by atoms with van der Waals surface area (Å²) in [5.74, 6) is -2.81. The number of nitrogens with two attached hydrogens (primary N) is 1. The highest BCUT2D eigenvalue weighted by Crippen LogP contribution is 2.30. The number of rotatable bonds is 7. The Morgan fingerprint density at radius 2 is 2.00 bits per heavy atom. The van der Waals surface area contributed by atoms with Crippen LogP contribution in [0.15, 0.2) is 0 Å². The Kier molecular flexibility index (Phi) is 6.69. The molecular weight excluding hydrogens is 250 g/mol. The number of hydrogen-bond donors (Lipinski definition) is 2. The van der Waals surface area contributed by atoms with Crippen molar-refractivity contribution in [3.05, 3.63) is 0 Å². The van der Waals surface area contributed by atoms with Crippen LogP contribution >= 0.6 is 0 Å². The van der Waals surface area contributed by atoms with Crippen LogP contribution in [0.3, 0.4) is 0 Å². The highest BCUT2D eigenvalue weighted by atomic mass is 19.3. The summed E-state index contributed by atoms with van der Waals surface area (Å²) in [4.78, 5) is 11.9. The standard InChI is InChI=1S/C14H26F2N2O/c1-2-12(8-11-6-4-3-5-7-11)13(19)18-10-14(15,16)9-17/h11-12H,2-10,17H2,1H3,(H,18,19). The van der Waals surface area contributed by atoms with E-state index in [1.807, 2.05) is 6.92 Å². The van der Waals surface area contributed by atoms with Gasteiger partial charge in [0.15, 0.2) is 0 Å². The van der Waals surface area contributed by atoms with Crippen LogP contribution in [-0.4, -0.2) is 24.9 Å². The zero-order chi connectivity index (χ0) is 14.3. The Morgan fingerprint density at radius 3 is 2.53 bits per heavy atom. The van der Waals surface area contributed by atoms with Crippen molar-refractivity contribution >= 4 is 5.91 Å². The van der Waals surface area contributed by atoms with Crippen LogP contribution in [-0.2, 0) is 4.79 Å². The molecule has 1 rings (SSSR count). The molecule has 0 aliphatic heterocycles. The highest BCUT2D eigenvalue weighted by molar-refractivity contribution is 5.78. The Hall–Kier alpha value is -0.710. The largest absolute Gasteiger partial charge is 0.350 e. The van der Waals surface area contributed by atoms with Gasteiger partial charge in [-0.2, -0.15) is 0 Å². The molecule has 1 aliphatic carbocycles. The van der Waals surface area contributed by atoms with Gasteiger partial charge in [0.1, 0.15) is 0 Å².